The number of nitro benzene ring substituents is 1. The number of benzene rings is 1. The lowest BCUT2D eigenvalue weighted by molar-refractivity contribution is -0.384. The van der Waals surface area contributed by atoms with Crippen LogP contribution in [0.4, 0.5) is 11.4 Å². The summed E-state index contributed by atoms with van der Waals surface area (Å²) in [4.78, 5) is 22.1. The molecule has 0 aromatic heterocycles. The van der Waals surface area contributed by atoms with Gasteiger partial charge < -0.3 is 10.6 Å². The number of carbonyl (C=O) groups excluding carboxylic acids is 1. The van der Waals surface area contributed by atoms with Crippen molar-refractivity contribution in [2.45, 2.75) is 51.0 Å². The first kappa shape index (κ1) is 15.9. The van der Waals surface area contributed by atoms with Gasteiger partial charge in [0.25, 0.3) is 5.69 Å². The first-order valence-corrected chi connectivity index (χ1v) is 8.26. The number of amides is 1. The summed E-state index contributed by atoms with van der Waals surface area (Å²) in [5.74, 6) is 0.760. The van der Waals surface area contributed by atoms with Crippen molar-refractivity contribution in [1.82, 2.24) is 5.32 Å². The normalized spacial score (nSPS) is 29.3. The molecule has 1 amide bonds. The van der Waals surface area contributed by atoms with Crippen molar-refractivity contribution < 1.29 is 9.72 Å². The van der Waals surface area contributed by atoms with Crippen LogP contribution in [0.3, 0.4) is 0 Å². The Balaban J connectivity index is 1.85. The van der Waals surface area contributed by atoms with Crippen molar-refractivity contribution in [1.29, 1.82) is 0 Å². The van der Waals surface area contributed by atoms with E-state index in [1.165, 1.54) is 13.3 Å². The fourth-order valence-electron chi connectivity index (χ4n) is 4.06. The molecule has 1 aromatic rings. The van der Waals surface area contributed by atoms with Gasteiger partial charge in [-0.3, -0.25) is 14.9 Å². The molecule has 1 spiro atoms. The highest BCUT2D eigenvalue weighted by Gasteiger charge is 2.51. The maximum atomic E-state index is 11.3. The van der Waals surface area contributed by atoms with Crippen molar-refractivity contribution in [3.63, 3.8) is 0 Å². The highest BCUT2D eigenvalue weighted by atomic mass is 16.6. The summed E-state index contributed by atoms with van der Waals surface area (Å²) in [7, 11) is 0. The van der Waals surface area contributed by atoms with Gasteiger partial charge in [-0.15, -0.1) is 0 Å². The second kappa shape index (κ2) is 5.92. The van der Waals surface area contributed by atoms with Crippen LogP contribution in [-0.2, 0) is 4.79 Å². The molecule has 1 heterocycles. The van der Waals surface area contributed by atoms with Gasteiger partial charge in [-0.05, 0) is 42.7 Å². The molecule has 2 N–H and O–H groups in total. The van der Waals surface area contributed by atoms with Crippen LogP contribution in [-0.4, -0.2) is 22.9 Å². The largest absolute Gasteiger partial charge is 0.321 e. The molecule has 1 saturated carbocycles. The van der Waals surface area contributed by atoms with E-state index in [2.05, 4.69) is 17.6 Å². The molecule has 3 atom stereocenters. The van der Waals surface area contributed by atoms with Gasteiger partial charge in [0.2, 0.25) is 5.91 Å². The Kier molecular flexibility index (Phi) is 4.10. The van der Waals surface area contributed by atoms with E-state index in [9.17, 15) is 14.9 Å². The quantitative estimate of drug-likeness (QED) is 0.506. The standard InChI is InChI=1S/C17H23N3O3/c1-3-14-6-4-13(9-17(14)10-18-17)12-5-7-15(19-11(2)21)16(8-12)20(22)23/h5,7-8,13-14,18H,3-4,6,9-10H2,1-2H3,(H,19,21). The smallest absolute Gasteiger partial charge is 0.293 e. The zero-order valence-electron chi connectivity index (χ0n) is 13.6. The predicted molar refractivity (Wildman–Crippen MR) is 88.5 cm³/mol. The predicted octanol–water partition coefficient (Wildman–Crippen LogP) is 3.19. The molecule has 3 rings (SSSR count). The Hall–Kier alpha value is -1.95. The van der Waals surface area contributed by atoms with Crippen molar-refractivity contribution in [2.24, 2.45) is 5.92 Å². The van der Waals surface area contributed by atoms with Gasteiger partial charge in [0, 0.05) is 25.1 Å². The van der Waals surface area contributed by atoms with E-state index in [4.69, 9.17) is 0 Å². The van der Waals surface area contributed by atoms with Crippen molar-refractivity contribution in [3.8, 4) is 0 Å². The van der Waals surface area contributed by atoms with Crippen LogP contribution in [0, 0.1) is 16.0 Å². The molecular formula is C17H23N3O3. The Labute approximate surface area is 135 Å². The average Bonchev–Trinajstić information content (AvgIpc) is 3.26. The Morgan fingerprint density at radius 1 is 1.48 bits per heavy atom. The van der Waals surface area contributed by atoms with Gasteiger partial charge in [0.1, 0.15) is 5.69 Å². The highest BCUT2D eigenvalue weighted by Crippen LogP contribution is 2.48. The molecule has 6 heteroatoms. The summed E-state index contributed by atoms with van der Waals surface area (Å²) in [5, 5.41) is 17.4. The number of anilines is 1. The van der Waals surface area contributed by atoms with Crippen LogP contribution in [0.15, 0.2) is 18.2 Å². The topological polar surface area (TPSA) is 94.2 Å². The monoisotopic (exact) mass is 317 g/mol. The molecule has 1 aromatic carbocycles. The minimum atomic E-state index is -0.419. The van der Waals surface area contributed by atoms with Gasteiger partial charge in [0.05, 0.1) is 4.92 Å². The van der Waals surface area contributed by atoms with Gasteiger partial charge in [-0.1, -0.05) is 19.4 Å². The molecule has 124 valence electrons. The molecule has 3 unspecified atom stereocenters. The molecule has 23 heavy (non-hydrogen) atoms. The first-order chi connectivity index (χ1) is 10.9. The fourth-order valence-corrected chi connectivity index (χ4v) is 4.06. The van der Waals surface area contributed by atoms with E-state index in [0.29, 0.717) is 11.8 Å². The molecule has 1 aliphatic heterocycles. The lowest BCUT2D eigenvalue weighted by Crippen LogP contribution is -2.34. The summed E-state index contributed by atoms with van der Waals surface area (Å²) < 4.78 is 0. The average molecular weight is 317 g/mol. The van der Waals surface area contributed by atoms with Crippen LogP contribution in [0.2, 0.25) is 0 Å². The molecule has 2 aliphatic rings. The van der Waals surface area contributed by atoms with Crippen molar-refractivity contribution >= 4 is 17.3 Å². The second-order valence-corrected chi connectivity index (χ2v) is 6.81. The van der Waals surface area contributed by atoms with Crippen molar-refractivity contribution in [3.05, 3.63) is 33.9 Å². The van der Waals surface area contributed by atoms with Crippen LogP contribution in [0.25, 0.3) is 0 Å². The molecule has 0 radical (unpaired) electrons. The summed E-state index contributed by atoms with van der Waals surface area (Å²) in [6.45, 7) is 4.65. The summed E-state index contributed by atoms with van der Waals surface area (Å²) in [6.07, 6.45) is 4.46. The number of hydrogen-bond acceptors (Lipinski definition) is 4. The lowest BCUT2D eigenvalue weighted by Gasteiger charge is -2.35. The lowest BCUT2D eigenvalue weighted by atomic mass is 9.70. The third-order valence-corrected chi connectivity index (χ3v) is 5.38. The molecule has 6 nitrogen and oxygen atoms in total. The fraction of sp³-hybridized carbons (Fsp3) is 0.588. The van der Waals surface area contributed by atoms with E-state index in [1.54, 1.807) is 12.1 Å². The number of rotatable bonds is 4. The van der Waals surface area contributed by atoms with E-state index < -0.39 is 4.92 Å². The number of hydrogen-bond donors (Lipinski definition) is 2. The summed E-state index contributed by atoms with van der Waals surface area (Å²) in [6, 6.07) is 5.22. The molecule has 1 saturated heterocycles. The Morgan fingerprint density at radius 3 is 2.78 bits per heavy atom. The molecular weight excluding hydrogens is 294 g/mol. The van der Waals surface area contributed by atoms with E-state index >= 15 is 0 Å². The summed E-state index contributed by atoms with van der Waals surface area (Å²) >= 11 is 0. The number of carbonyl (C=O) groups is 1. The third-order valence-electron chi connectivity index (χ3n) is 5.38. The highest BCUT2D eigenvalue weighted by molar-refractivity contribution is 5.91. The van der Waals surface area contributed by atoms with E-state index in [-0.39, 0.29) is 22.8 Å². The maximum Gasteiger partial charge on any atom is 0.293 e. The third kappa shape index (κ3) is 3.08. The number of nitrogens with zero attached hydrogens (tertiary/aromatic N) is 1. The second-order valence-electron chi connectivity index (χ2n) is 6.81. The van der Waals surface area contributed by atoms with Gasteiger partial charge >= 0.3 is 0 Å². The maximum absolute atomic E-state index is 11.3. The molecule has 1 aliphatic carbocycles. The molecule has 0 bridgehead atoms. The van der Waals surface area contributed by atoms with E-state index in [1.807, 2.05) is 6.07 Å². The zero-order chi connectivity index (χ0) is 16.6. The van der Waals surface area contributed by atoms with E-state index in [0.717, 1.165) is 31.4 Å². The van der Waals surface area contributed by atoms with Crippen LogP contribution < -0.4 is 10.6 Å². The minimum absolute atomic E-state index is 0.0203. The minimum Gasteiger partial charge on any atom is -0.321 e. The van der Waals surface area contributed by atoms with Crippen LogP contribution >= 0.6 is 0 Å². The van der Waals surface area contributed by atoms with Crippen LogP contribution in [0.5, 0.6) is 0 Å². The van der Waals surface area contributed by atoms with Gasteiger partial charge in [0.15, 0.2) is 0 Å². The zero-order valence-corrected chi connectivity index (χ0v) is 13.6. The Morgan fingerprint density at radius 2 is 2.22 bits per heavy atom. The summed E-state index contributed by atoms with van der Waals surface area (Å²) in [5.41, 5.74) is 1.51. The molecule has 2 fully saturated rings. The number of nitrogens with one attached hydrogen (secondary N) is 2. The van der Waals surface area contributed by atoms with Gasteiger partial charge in [-0.2, -0.15) is 0 Å². The SMILES string of the molecule is CCC1CCC(c2ccc(NC(C)=O)c([N+](=O)[O-])c2)CC12CN2. The Bertz CT molecular complexity index is 640. The number of nitro groups is 1. The first-order valence-electron chi connectivity index (χ1n) is 8.26. The van der Waals surface area contributed by atoms with Gasteiger partial charge in [-0.25, -0.2) is 0 Å². The van der Waals surface area contributed by atoms with Crippen molar-refractivity contribution in [2.75, 3.05) is 11.9 Å². The van der Waals surface area contributed by atoms with Crippen LogP contribution in [0.1, 0.15) is 51.0 Å².